The zero-order valence-corrected chi connectivity index (χ0v) is 18.6. The zero-order chi connectivity index (χ0) is 22.8. The second-order valence-corrected chi connectivity index (χ2v) is 8.01. The van der Waals surface area contributed by atoms with Crippen molar-refractivity contribution in [2.24, 2.45) is 5.10 Å². The van der Waals surface area contributed by atoms with Gasteiger partial charge < -0.3 is 9.15 Å². The molecule has 3 aromatic rings. The van der Waals surface area contributed by atoms with Crippen LogP contribution in [-0.4, -0.2) is 23.7 Å². The molecule has 0 unspecified atom stereocenters. The maximum Gasteiger partial charge on any atom is 0.338 e. The van der Waals surface area contributed by atoms with Crippen LogP contribution in [0.5, 0.6) is 0 Å². The van der Waals surface area contributed by atoms with Gasteiger partial charge in [-0.25, -0.2) is 4.79 Å². The van der Waals surface area contributed by atoms with Crippen LogP contribution >= 0.6 is 11.6 Å². The molecule has 0 spiro atoms. The van der Waals surface area contributed by atoms with Gasteiger partial charge in [-0.15, -0.1) is 0 Å². The number of anilines is 1. The summed E-state index contributed by atoms with van der Waals surface area (Å²) in [6.07, 6.45) is 1.47. The van der Waals surface area contributed by atoms with Crippen molar-refractivity contribution in [3.63, 3.8) is 0 Å². The topological polar surface area (TPSA) is 72.1 Å². The number of carbonyl (C=O) groups excluding carboxylic acids is 2. The molecule has 0 atom stereocenters. The fraction of sp³-hybridized carbons (Fsp3) is 0.160. The lowest BCUT2D eigenvalue weighted by molar-refractivity contribution is -0.114. The summed E-state index contributed by atoms with van der Waals surface area (Å²) in [5.41, 5.74) is 2.86. The van der Waals surface area contributed by atoms with Crippen LogP contribution in [0.1, 0.15) is 36.9 Å². The van der Waals surface area contributed by atoms with Crippen LogP contribution in [0.2, 0.25) is 5.02 Å². The first-order valence-corrected chi connectivity index (χ1v) is 10.5. The van der Waals surface area contributed by atoms with Gasteiger partial charge in [0.05, 0.1) is 28.6 Å². The lowest BCUT2D eigenvalue weighted by atomic mass is 10.1. The molecule has 6 nitrogen and oxygen atoms in total. The SMILES string of the molecule is CC1=NN(c2ccc(C(=O)OC(C)C)cc2)C(=O)/C1=C\c1ccc(-c2ccc(Cl)cc2)o1. The zero-order valence-electron chi connectivity index (χ0n) is 17.8. The molecule has 0 aliphatic carbocycles. The molecule has 1 aliphatic rings. The Morgan fingerprint density at radius 3 is 2.41 bits per heavy atom. The third kappa shape index (κ3) is 4.50. The second kappa shape index (κ2) is 8.85. The van der Waals surface area contributed by atoms with Crippen LogP contribution in [0.25, 0.3) is 17.4 Å². The van der Waals surface area contributed by atoms with Gasteiger partial charge >= 0.3 is 5.97 Å². The van der Waals surface area contributed by atoms with Crippen molar-refractivity contribution in [1.82, 2.24) is 0 Å². The fourth-order valence-electron chi connectivity index (χ4n) is 3.22. The lowest BCUT2D eigenvalue weighted by Crippen LogP contribution is -2.21. The summed E-state index contributed by atoms with van der Waals surface area (Å²) >= 11 is 5.94. The highest BCUT2D eigenvalue weighted by Crippen LogP contribution is 2.28. The standard InChI is InChI=1S/C25H21ClN2O4/c1-15(2)31-25(30)18-6-10-20(11-7-18)28-24(29)22(16(3)27-28)14-21-12-13-23(32-21)17-4-8-19(26)9-5-17/h4-15H,1-3H3/b22-14-. The first kappa shape index (κ1) is 21.6. The molecule has 2 aromatic carbocycles. The molecular weight excluding hydrogens is 428 g/mol. The quantitative estimate of drug-likeness (QED) is 0.356. The third-order valence-electron chi connectivity index (χ3n) is 4.80. The fourth-order valence-corrected chi connectivity index (χ4v) is 3.35. The van der Waals surface area contributed by atoms with Crippen molar-refractivity contribution in [3.8, 4) is 11.3 Å². The van der Waals surface area contributed by atoms with Crippen LogP contribution in [-0.2, 0) is 9.53 Å². The molecule has 0 radical (unpaired) electrons. The maximum absolute atomic E-state index is 13.0. The second-order valence-electron chi connectivity index (χ2n) is 7.57. The van der Waals surface area contributed by atoms with Crippen molar-refractivity contribution in [3.05, 3.63) is 82.6 Å². The molecule has 0 N–H and O–H groups in total. The lowest BCUT2D eigenvalue weighted by Gasteiger charge is -2.13. The highest BCUT2D eigenvalue weighted by atomic mass is 35.5. The van der Waals surface area contributed by atoms with Gasteiger partial charge in [-0.3, -0.25) is 4.79 Å². The Kier molecular flexibility index (Phi) is 5.97. The highest BCUT2D eigenvalue weighted by Gasteiger charge is 2.29. The number of amides is 1. The minimum absolute atomic E-state index is 0.205. The van der Waals surface area contributed by atoms with Crippen molar-refractivity contribution in [1.29, 1.82) is 0 Å². The monoisotopic (exact) mass is 448 g/mol. The number of hydrogen-bond acceptors (Lipinski definition) is 5. The van der Waals surface area contributed by atoms with Crippen LogP contribution in [0, 0.1) is 0 Å². The minimum atomic E-state index is -0.408. The van der Waals surface area contributed by atoms with Gasteiger partial charge in [0.15, 0.2) is 0 Å². The molecule has 4 rings (SSSR count). The molecular formula is C25H21ClN2O4. The van der Waals surface area contributed by atoms with E-state index in [4.69, 9.17) is 20.8 Å². The number of halogens is 1. The van der Waals surface area contributed by atoms with E-state index in [9.17, 15) is 9.59 Å². The summed E-state index contributed by atoms with van der Waals surface area (Å²) in [6, 6.07) is 17.5. The van der Waals surface area contributed by atoms with Gasteiger partial charge in [-0.2, -0.15) is 10.1 Å². The Balaban J connectivity index is 1.53. The normalized spacial score (nSPS) is 14.9. The van der Waals surface area contributed by atoms with Gasteiger partial charge in [0.25, 0.3) is 5.91 Å². The molecule has 1 aliphatic heterocycles. The first-order chi connectivity index (χ1) is 15.3. The van der Waals surface area contributed by atoms with E-state index in [1.165, 1.54) is 5.01 Å². The summed E-state index contributed by atoms with van der Waals surface area (Å²) in [7, 11) is 0. The van der Waals surface area contributed by atoms with Crippen molar-refractivity contribution >= 4 is 41.0 Å². The molecule has 1 aromatic heterocycles. The summed E-state index contributed by atoms with van der Waals surface area (Å²) in [6.45, 7) is 5.34. The molecule has 0 bridgehead atoms. The minimum Gasteiger partial charge on any atom is -0.459 e. The van der Waals surface area contributed by atoms with Crippen LogP contribution < -0.4 is 5.01 Å². The largest absolute Gasteiger partial charge is 0.459 e. The Morgan fingerprint density at radius 2 is 1.75 bits per heavy atom. The number of esters is 1. The number of hydrazone groups is 1. The number of rotatable bonds is 5. The van der Waals surface area contributed by atoms with E-state index in [2.05, 4.69) is 5.10 Å². The molecule has 32 heavy (non-hydrogen) atoms. The number of nitrogens with zero attached hydrogens (tertiary/aromatic N) is 2. The Morgan fingerprint density at radius 1 is 1.06 bits per heavy atom. The smallest absolute Gasteiger partial charge is 0.338 e. The maximum atomic E-state index is 13.0. The van der Waals surface area contributed by atoms with Gasteiger partial charge in [-0.05, 0) is 87.5 Å². The van der Waals surface area contributed by atoms with E-state index in [1.807, 2.05) is 18.2 Å². The number of carbonyl (C=O) groups is 2. The number of ether oxygens (including phenoxy) is 1. The van der Waals surface area contributed by atoms with E-state index >= 15 is 0 Å². The molecule has 1 amide bonds. The van der Waals surface area contributed by atoms with E-state index in [0.717, 1.165) is 5.56 Å². The van der Waals surface area contributed by atoms with Crippen molar-refractivity contribution < 1.29 is 18.7 Å². The van der Waals surface area contributed by atoms with E-state index in [1.54, 1.807) is 69.3 Å². The molecule has 0 saturated heterocycles. The van der Waals surface area contributed by atoms with Crippen molar-refractivity contribution in [2.45, 2.75) is 26.9 Å². The van der Waals surface area contributed by atoms with E-state index in [-0.39, 0.29) is 12.0 Å². The molecule has 2 heterocycles. The average molecular weight is 449 g/mol. The first-order valence-electron chi connectivity index (χ1n) is 10.1. The predicted octanol–water partition coefficient (Wildman–Crippen LogP) is 5.97. The van der Waals surface area contributed by atoms with Crippen molar-refractivity contribution in [2.75, 3.05) is 5.01 Å². The van der Waals surface area contributed by atoms with Gasteiger partial charge in [0.1, 0.15) is 11.5 Å². The summed E-state index contributed by atoms with van der Waals surface area (Å²) in [4.78, 5) is 25.0. The number of furan rings is 1. The van der Waals surface area contributed by atoms with Crippen LogP contribution in [0.4, 0.5) is 5.69 Å². The summed E-state index contributed by atoms with van der Waals surface area (Å²) in [5.74, 6) is 0.536. The number of benzene rings is 2. The van der Waals surface area contributed by atoms with E-state index in [0.29, 0.717) is 39.1 Å². The van der Waals surface area contributed by atoms with Gasteiger partial charge in [-0.1, -0.05) is 11.6 Å². The Labute approximate surface area is 190 Å². The van der Waals surface area contributed by atoms with Crippen LogP contribution in [0.15, 0.2) is 75.8 Å². The Hall–Kier alpha value is -3.64. The number of hydrogen-bond donors (Lipinski definition) is 0. The molecule has 0 saturated carbocycles. The highest BCUT2D eigenvalue weighted by molar-refractivity contribution is 6.32. The summed E-state index contributed by atoms with van der Waals surface area (Å²) < 4.78 is 11.1. The molecule has 162 valence electrons. The van der Waals surface area contributed by atoms with Gasteiger partial charge in [0, 0.05) is 10.6 Å². The van der Waals surface area contributed by atoms with E-state index < -0.39 is 5.97 Å². The average Bonchev–Trinajstić information content (AvgIpc) is 3.34. The third-order valence-corrected chi connectivity index (χ3v) is 5.05. The summed E-state index contributed by atoms with van der Waals surface area (Å²) in [5, 5.41) is 6.33. The molecule has 7 heteroatoms. The Bertz CT molecular complexity index is 1220. The van der Waals surface area contributed by atoms with Crippen LogP contribution in [0.3, 0.4) is 0 Å². The molecule has 0 fully saturated rings. The van der Waals surface area contributed by atoms with Gasteiger partial charge in [0.2, 0.25) is 0 Å². The predicted molar refractivity (Wildman–Crippen MR) is 125 cm³/mol.